The second-order valence-electron chi connectivity index (χ2n) is 5.10. The predicted molar refractivity (Wildman–Crippen MR) is 79.2 cm³/mol. The highest BCUT2D eigenvalue weighted by molar-refractivity contribution is 4.97. The van der Waals surface area contributed by atoms with Crippen LogP contribution in [0.15, 0.2) is 0 Å². The van der Waals surface area contributed by atoms with E-state index < -0.39 is 0 Å². The molecule has 1 aliphatic carbocycles. The number of ether oxygens (including phenoxy) is 4. The van der Waals surface area contributed by atoms with Gasteiger partial charge in [0.1, 0.15) is 0 Å². The number of likely N-dealkylation sites (N-methyl/N-ethyl adjacent to an activating group) is 1. The van der Waals surface area contributed by atoms with Gasteiger partial charge < -0.3 is 24.3 Å². The molecular weight excluding hydrogens is 258 g/mol. The lowest BCUT2D eigenvalue weighted by Gasteiger charge is -2.44. The van der Waals surface area contributed by atoms with Crippen molar-refractivity contribution < 1.29 is 18.9 Å². The van der Waals surface area contributed by atoms with E-state index in [0.717, 1.165) is 26.0 Å². The van der Waals surface area contributed by atoms with Gasteiger partial charge in [0, 0.05) is 19.8 Å². The van der Waals surface area contributed by atoms with E-state index in [1.165, 1.54) is 6.42 Å². The predicted octanol–water partition coefficient (Wildman–Crippen LogP) is 1.60. The van der Waals surface area contributed by atoms with Crippen LogP contribution in [0.2, 0.25) is 0 Å². The molecule has 0 bridgehead atoms. The molecule has 20 heavy (non-hydrogen) atoms. The second-order valence-corrected chi connectivity index (χ2v) is 5.10. The fourth-order valence-electron chi connectivity index (χ4n) is 2.30. The van der Waals surface area contributed by atoms with Crippen molar-refractivity contribution >= 4 is 0 Å². The Morgan fingerprint density at radius 3 is 2.50 bits per heavy atom. The third-order valence-corrected chi connectivity index (χ3v) is 3.52. The zero-order valence-electron chi connectivity index (χ0n) is 13.2. The Morgan fingerprint density at radius 1 is 1.00 bits per heavy atom. The number of hydrogen-bond donors (Lipinski definition) is 1. The fourth-order valence-corrected chi connectivity index (χ4v) is 2.30. The van der Waals surface area contributed by atoms with E-state index in [2.05, 4.69) is 19.2 Å². The lowest BCUT2D eigenvalue weighted by Crippen LogP contribution is -2.60. The third-order valence-electron chi connectivity index (χ3n) is 3.52. The van der Waals surface area contributed by atoms with Crippen LogP contribution in [0.4, 0.5) is 0 Å². The summed E-state index contributed by atoms with van der Waals surface area (Å²) in [6.45, 7) is 8.64. The molecule has 0 heterocycles. The zero-order valence-corrected chi connectivity index (χ0v) is 13.2. The van der Waals surface area contributed by atoms with E-state index in [9.17, 15) is 0 Å². The van der Waals surface area contributed by atoms with Crippen LogP contribution in [0.1, 0.15) is 33.1 Å². The van der Waals surface area contributed by atoms with Gasteiger partial charge in [-0.05, 0) is 19.4 Å². The Morgan fingerprint density at radius 2 is 1.80 bits per heavy atom. The summed E-state index contributed by atoms with van der Waals surface area (Å²) >= 11 is 0. The van der Waals surface area contributed by atoms with Gasteiger partial charge in [-0.15, -0.1) is 0 Å². The number of rotatable bonds is 13. The van der Waals surface area contributed by atoms with Crippen LogP contribution in [0.25, 0.3) is 0 Å². The number of unbranched alkanes of at least 4 members (excludes halogenated alkanes) is 1. The highest BCUT2D eigenvalue weighted by atomic mass is 16.6. The molecule has 0 aliphatic heterocycles. The number of nitrogens with one attached hydrogen (secondary N) is 1. The van der Waals surface area contributed by atoms with E-state index in [4.69, 9.17) is 18.9 Å². The number of hydrogen-bond acceptors (Lipinski definition) is 5. The first-order chi connectivity index (χ1) is 9.83. The van der Waals surface area contributed by atoms with Gasteiger partial charge in [-0.3, -0.25) is 0 Å². The Hall–Kier alpha value is -0.200. The molecule has 3 atom stereocenters. The van der Waals surface area contributed by atoms with Gasteiger partial charge in [0.25, 0.3) is 0 Å². The summed E-state index contributed by atoms with van der Waals surface area (Å²) in [6.07, 6.45) is 3.63. The SMILES string of the molecule is CCCCOCCOC1CC(NCC)C1OCCOC. The van der Waals surface area contributed by atoms with Gasteiger partial charge in [0.15, 0.2) is 0 Å². The minimum atomic E-state index is 0.140. The molecule has 0 spiro atoms. The minimum absolute atomic E-state index is 0.140. The second kappa shape index (κ2) is 11.5. The van der Waals surface area contributed by atoms with Crippen LogP contribution in [0, 0.1) is 0 Å². The quantitative estimate of drug-likeness (QED) is 0.522. The van der Waals surface area contributed by atoms with Gasteiger partial charge in [-0.2, -0.15) is 0 Å². The van der Waals surface area contributed by atoms with Gasteiger partial charge in [0.2, 0.25) is 0 Å². The highest BCUT2D eigenvalue weighted by Crippen LogP contribution is 2.27. The zero-order chi connectivity index (χ0) is 14.6. The van der Waals surface area contributed by atoms with E-state index in [1.54, 1.807) is 7.11 Å². The molecule has 120 valence electrons. The maximum atomic E-state index is 5.85. The average molecular weight is 289 g/mol. The van der Waals surface area contributed by atoms with Crippen molar-refractivity contribution in [2.24, 2.45) is 0 Å². The molecule has 0 aromatic heterocycles. The summed E-state index contributed by atoms with van der Waals surface area (Å²) in [7, 11) is 1.69. The summed E-state index contributed by atoms with van der Waals surface area (Å²) in [5.74, 6) is 0. The molecule has 1 saturated carbocycles. The molecule has 5 heteroatoms. The monoisotopic (exact) mass is 289 g/mol. The van der Waals surface area contributed by atoms with Crippen LogP contribution in [-0.4, -0.2) is 64.9 Å². The van der Waals surface area contributed by atoms with Crippen molar-refractivity contribution in [2.75, 3.05) is 46.7 Å². The van der Waals surface area contributed by atoms with Crippen LogP contribution < -0.4 is 5.32 Å². The van der Waals surface area contributed by atoms with Crippen LogP contribution in [0.5, 0.6) is 0 Å². The minimum Gasteiger partial charge on any atom is -0.382 e. The van der Waals surface area contributed by atoms with Crippen molar-refractivity contribution in [3.05, 3.63) is 0 Å². The Bertz CT molecular complexity index is 228. The summed E-state index contributed by atoms with van der Waals surface area (Å²) in [5, 5.41) is 3.43. The van der Waals surface area contributed by atoms with E-state index in [-0.39, 0.29) is 12.2 Å². The Labute approximate surface area is 123 Å². The van der Waals surface area contributed by atoms with Crippen molar-refractivity contribution in [3.63, 3.8) is 0 Å². The van der Waals surface area contributed by atoms with Crippen molar-refractivity contribution in [3.8, 4) is 0 Å². The molecule has 1 N–H and O–H groups in total. The van der Waals surface area contributed by atoms with Crippen molar-refractivity contribution in [1.29, 1.82) is 0 Å². The lowest BCUT2D eigenvalue weighted by atomic mass is 9.85. The van der Waals surface area contributed by atoms with Gasteiger partial charge >= 0.3 is 0 Å². The first-order valence-electron chi connectivity index (χ1n) is 7.86. The average Bonchev–Trinajstić information content (AvgIpc) is 2.45. The van der Waals surface area contributed by atoms with E-state index >= 15 is 0 Å². The van der Waals surface area contributed by atoms with Crippen LogP contribution >= 0.6 is 0 Å². The highest BCUT2D eigenvalue weighted by Gasteiger charge is 2.42. The molecule has 3 unspecified atom stereocenters. The van der Waals surface area contributed by atoms with Crippen LogP contribution in [-0.2, 0) is 18.9 Å². The third kappa shape index (κ3) is 6.50. The molecule has 1 aliphatic rings. The molecule has 0 aromatic rings. The summed E-state index contributed by atoms with van der Waals surface area (Å²) in [6, 6.07) is 0.405. The molecule has 0 radical (unpaired) electrons. The summed E-state index contributed by atoms with van der Waals surface area (Å²) < 4.78 is 22.2. The van der Waals surface area contributed by atoms with Crippen LogP contribution in [0.3, 0.4) is 0 Å². The topological polar surface area (TPSA) is 49.0 Å². The van der Waals surface area contributed by atoms with E-state index in [1.807, 2.05) is 0 Å². The first-order valence-corrected chi connectivity index (χ1v) is 7.86. The molecule has 1 fully saturated rings. The summed E-state index contributed by atoms with van der Waals surface area (Å²) in [5.41, 5.74) is 0. The lowest BCUT2D eigenvalue weighted by molar-refractivity contribution is -0.157. The molecule has 1 rings (SSSR count). The maximum Gasteiger partial charge on any atom is 0.0991 e. The van der Waals surface area contributed by atoms with Crippen molar-refractivity contribution in [2.45, 2.75) is 51.4 Å². The van der Waals surface area contributed by atoms with Crippen molar-refractivity contribution in [1.82, 2.24) is 5.32 Å². The fraction of sp³-hybridized carbons (Fsp3) is 1.00. The molecular formula is C15H31NO4. The number of methoxy groups -OCH3 is 1. The molecule has 0 saturated heterocycles. The Balaban J connectivity index is 2.12. The van der Waals surface area contributed by atoms with E-state index in [0.29, 0.717) is 32.5 Å². The smallest absolute Gasteiger partial charge is 0.0991 e. The molecule has 0 amide bonds. The standard InChI is InChI=1S/C15H31NO4/c1-4-6-7-18-9-11-19-14-12-13(16-5-2)15(14)20-10-8-17-3/h13-16H,4-12H2,1-3H3. The largest absolute Gasteiger partial charge is 0.382 e. The Kier molecular flexibility index (Phi) is 10.2. The molecule has 0 aromatic carbocycles. The van der Waals surface area contributed by atoms with Gasteiger partial charge in [0.05, 0.1) is 38.6 Å². The summed E-state index contributed by atoms with van der Waals surface area (Å²) in [4.78, 5) is 0. The normalized spacial score (nSPS) is 25.6. The molecule has 5 nitrogen and oxygen atoms in total. The maximum absolute atomic E-state index is 5.85. The first kappa shape index (κ1) is 17.9. The van der Waals surface area contributed by atoms with Gasteiger partial charge in [-0.1, -0.05) is 20.3 Å². The van der Waals surface area contributed by atoms with Gasteiger partial charge in [-0.25, -0.2) is 0 Å².